The minimum absolute atomic E-state index is 0.130. The van der Waals surface area contributed by atoms with Gasteiger partial charge in [0.05, 0.1) is 0 Å². The van der Waals surface area contributed by atoms with Crippen LogP contribution < -0.4 is 0 Å². The molecule has 14 heavy (non-hydrogen) atoms. The highest BCUT2D eigenvalue weighted by molar-refractivity contribution is 5.55. The summed E-state index contributed by atoms with van der Waals surface area (Å²) in [6, 6.07) is 0. The molecule has 0 N–H and O–H groups in total. The van der Waals surface area contributed by atoms with Crippen LogP contribution in [0.5, 0.6) is 0 Å². The van der Waals surface area contributed by atoms with Crippen molar-refractivity contribution in [1.29, 1.82) is 0 Å². The zero-order valence-corrected chi connectivity index (χ0v) is 9.04. The SMILES string of the molecule is O=CC1CCCCCCCCCCO1. The van der Waals surface area contributed by atoms with Crippen LogP contribution in [0.25, 0.3) is 0 Å². The lowest BCUT2D eigenvalue weighted by atomic mass is 10.1. The van der Waals surface area contributed by atoms with Crippen molar-refractivity contribution in [2.45, 2.75) is 63.9 Å². The number of carbonyl (C=O) groups excluding carboxylic acids is 1. The topological polar surface area (TPSA) is 26.3 Å². The van der Waals surface area contributed by atoms with E-state index in [0.717, 1.165) is 32.2 Å². The molecule has 2 nitrogen and oxygen atoms in total. The molecule has 0 saturated carbocycles. The van der Waals surface area contributed by atoms with E-state index in [1.165, 1.54) is 38.5 Å². The Morgan fingerprint density at radius 2 is 1.43 bits per heavy atom. The van der Waals surface area contributed by atoms with Gasteiger partial charge < -0.3 is 9.53 Å². The first kappa shape index (κ1) is 11.7. The van der Waals surface area contributed by atoms with E-state index in [0.29, 0.717) is 0 Å². The second kappa shape index (κ2) is 7.98. The van der Waals surface area contributed by atoms with Crippen molar-refractivity contribution in [3.05, 3.63) is 0 Å². The second-order valence-electron chi connectivity index (χ2n) is 4.16. The molecule has 82 valence electrons. The molecule has 0 aromatic heterocycles. The molecule has 1 rings (SSSR count). The summed E-state index contributed by atoms with van der Waals surface area (Å²) in [7, 11) is 0. The Kier molecular flexibility index (Phi) is 6.67. The van der Waals surface area contributed by atoms with Crippen LogP contribution in [0.3, 0.4) is 0 Å². The molecule has 0 spiro atoms. The van der Waals surface area contributed by atoms with Gasteiger partial charge in [-0.25, -0.2) is 0 Å². The van der Waals surface area contributed by atoms with Crippen LogP contribution in [-0.4, -0.2) is 19.0 Å². The van der Waals surface area contributed by atoms with Crippen molar-refractivity contribution in [3.63, 3.8) is 0 Å². The van der Waals surface area contributed by atoms with E-state index in [9.17, 15) is 4.79 Å². The van der Waals surface area contributed by atoms with Crippen molar-refractivity contribution in [1.82, 2.24) is 0 Å². The molecular weight excluding hydrogens is 176 g/mol. The maximum absolute atomic E-state index is 10.7. The van der Waals surface area contributed by atoms with Crippen molar-refractivity contribution >= 4 is 6.29 Å². The van der Waals surface area contributed by atoms with Crippen molar-refractivity contribution in [2.24, 2.45) is 0 Å². The second-order valence-corrected chi connectivity index (χ2v) is 4.16. The predicted molar refractivity (Wildman–Crippen MR) is 57.4 cm³/mol. The standard InChI is InChI=1S/C12H22O2/c13-11-12-9-7-5-3-1-2-4-6-8-10-14-12/h11-12H,1-10H2. The Morgan fingerprint density at radius 1 is 0.857 bits per heavy atom. The molecule has 1 saturated heterocycles. The molecule has 0 aromatic rings. The van der Waals surface area contributed by atoms with Gasteiger partial charge in [-0.3, -0.25) is 0 Å². The normalized spacial score (nSPS) is 27.3. The largest absolute Gasteiger partial charge is 0.371 e. The van der Waals surface area contributed by atoms with E-state index in [2.05, 4.69) is 0 Å². The number of aldehydes is 1. The maximum Gasteiger partial charge on any atom is 0.148 e. The molecule has 1 aliphatic heterocycles. The summed E-state index contributed by atoms with van der Waals surface area (Å²) in [6.45, 7) is 0.767. The van der Waals surface area contributed by atoms with Crippen molar-refractivity contribution in [3.8, 4) is 0 Å². The Balaban J connectivity index is 2.20. The van der Waals surface area contributed by atoms with Crippen LogP contribution >= 0.6 is 0 Å². The van der Waals surface area contributed by atoms with Gasteiger partial charge >= 0.3 is 0 Å². The van der Waals surface area contributed by atoms with Crippen LogP contribution in [0.4, 0.5) is 0 Å². The zero-order valence-electron chi connectivity index (χ0n) is 9.04. The van der Waals surface area contributed by atoms with Crippen LogP contribution in [0.15, 0.2) is 0 Å². The number of rotatable bonds is 1. The first-order valence-corrected chi connectivity index (χ1v) is 6.00. The summed E-state index contributed by atoms with van der Waals surface area (Å²) in [4.78, 5) is 10.7. The molecule has 1 unspecified atom stereocenters. The summed E-state index contributed by atoms with van der Waals surface area (Å²) in [5, 5.41) is 0. The van der Waals surface area contributed by atoms with E-state index in [1.807, 2.05) is 0 Å². The van der Waals surface area contributed by atoms with Crippen LogP contribution in [0.2, 0.25) is 0 Å². The van der Waals surface area contributed by atoms with Gasteiger partial charge in [-0.2, -0.15) is 0 Å². The van der Waals surface area contributed by atoms with Crippen molar-refractivity contribution < 1.29 is 9.53 Å². The molecule has 0 radical (unpaired) electrons. The number of hydrogen-bond acceptors (Lipinski definition) is 2. The molecule has 0 bridgehead atoms. The summed E-state index contributed by atoms with van der Waals surface area (Å²) < 4.78 is 5.50. The zero-order chi connectivity index (χ0) is 10.1. The maximum atomic E-state index is 10.7. The van der Waals surface area contributed by atoms with E-state index < -0.39 is 0 Å². The third kappa shape index (κ3) is 5.38. The smallest absolute Gasteiger partial charge is 0.148 e. The summed E-state index contributed by atoms with van der Waals surface area (Å²) in [6.07, 6.45) is 11.9. The van der Waals surface area contributed by atoms with Gasteiger partial charge in [-0.1, -0.05) is 44.9 Å². The van der Waals surface area contributed by atoms with Gasteiger partial charge in [-0.15, -0.1) is 0 Å². The molecule has 2 heteroatoms. The average molecular weight is 198 g/mol. The summed E-state index contributed by atoms with van der Waals surface area (Å²) in [5.41, 5.74) is 0. The van der Waals surface area contributed by atoms with Gasteiger partial charge in [0.2, 0.25) is 0 Å². The first-order valence-electron chi connectivity index (χ1n) is 6.00. The minimum Gasteiger partial charge on any atom is -0.371 e. The lowest BCUT2D eigenvalue weighted by Crippen LogP contribution is -2.15. The highest BCUT2D eigenvalue weighted by Crippen LogP contribution is 2.13. The lowest BCUT2D eigenvalue weighted by Gasteiger charge is -2.12. The van der Waals surface area contributed by atoms with Gasteiger partial charge in [0.1, 0.15) is 12.4 Å². The van der Waals surface area contributed by atoms with Gasteiger partial charge in [0, 0.05) is 6.61 Å². The molecule has 1 heterocycles. The summed E-state index contributed by atoms with van der Waals surface area (Å²) >= 11 is 0. The van der Waals surface area contributed by atoms with E-state index >= 15 is 0 Å². The van der Waals surface area contributed by atoms with Gasteiger partial charge in [0.15, 0.2) is 0 Å². The highest BCUT2D eigenvalue weighted by Gasteiger charge is 2.07. The molecule has 1 fully saturated rings. The Hall–Kier alpha value is -0.370. The Morgan fingerprint density at radius 3 is 2.07 bits per heavy atom. The number of hydrogen-bond donors (Lipinski definition) is 0. The third-order valence-corrected chi connectivity index (χ3v) is 2.87. The fourth-order valence-electron chi connectivity index (χ4n) is 1.93. The minimum atomic E-state index is -0.130. The fourth-order valence-corrected chi connectivity index (χ4v) is 1.93. The van der Waals surface area contributed by atoms with Crippen LogP contribution in [0.1, 0.15) is 57.8 Å². The molecule has 0 aromatic carbocycles. The monoisotopic (exact) mass is 198 g/mol. The van der Waals surface area contributed by atoms with Gasteiger partial charge in [-0.05, 0) is 12.8 Å². The number of ether oxygens (including phenoxy) is 1. The van der Waals surface area contributed by atoms with E-state index in [1.54, 1.807) is 0 Å². The predicted octanol–water partition coefficient (Wildman–Crippen LogP) is 3.10. The first-order chi connectivity index (χ1) is 6.93. The van der Waals surface area contributed by atoms with E-state index in [-0.39, 0.29) is 6.10 Å². The molecule has 1 aliphatic rings. The summed E-state index contributed by atoms with van der Waals surface area (Å²) in [5.74, 6) is 0. The average Bonchev–Trinajstić information content (AvgIpc) is 2.19. The quantitative estimate of drug-likeness (QED) is 0.605. The lowest BCUT2D eigenvalue weighted by molar-refractivity contribution is -0.118. The van der Waals surface area contributed by atoms with Crippen LogP contribution in [0, 0.1) is 0 Å². The molecule has 0 aliphatic carbocycles. The Bertz CT molecular complexity index is 133. The molecule has 0 amide bonds. The fraction of sp³-hybridized carbons (Fsp3) is 0.917. The molecular formula is C12H22O2. The highest BCUT2D eigenvalue weighted by atomic mass is 16.5. The van der Waals surface area contributed by atoms with Gasteiger partial charge in [0.25, 0.3) is 0 Å². The van der Waals surface area contributed by atoms with Crippen molar-refractivity contribution in [2.75, 3.05) is 6.61 Å². The number of carbonyl (C=O) groups is 1. The Labute approximate surface area is 87.0 Å². The molecule has 1 atom stereocenters. The van der Waals surface area contributed by atoms with E-state index in [4.69, 9.17) is 4.74 Å². The van der Waals surface area contributed by atoms with Crippen LogP contribution in [-0.2, 0) is 9.53 Å². The third-order valence-electron chi connectivity index (χ3n) is 2.87.